The normalized spacial score (nSPS) is 11.4. The molecule has 0 saturated carbocycles. The Morgan fingerprint density at radius 1 is 1.15 bits per heavy atom. The van der Waals surface area contributed by atoms with Gasteiger partial charge in [0.1, 0.15) is 11.6 Å². The van der Waals surface area contributed by atoms with Gasteiger partial charge in [-0.2, -0.15) is 13.2 Å². The molecule has 0 saturated heterocycles. The number of likely N-dealkylation sites (N-methyl/N-ethyl adjacent to an activating group) is 1. The van der Waals surface area contributed by atoms with Crippen LogP contribution in [0, 0.1) is 0 Å². The van der Waals surface area contributed by atoms with Crippen molar-refractivity contribution in [3.8, 4) is 0 Å². The van der Waals surface area contributed by atoms with Crippen LogP contribution in [0.15, 0.2) is 41.3 Å². The molecule has 0 radical (unpaired) electrons. The Hall–Kier alpha value is -2.48. The van der Waals surface area contributed by atoms with E-state index in [0.717, 1.165) is 11.3 Å². The fraction of sp³-hybridized carbons (Fsp3) is 0.333. The second-order valence-corrected chi connectivity index (χ2v) is 6.73. The van der Waals surface area contributed by atoms with Gasteiger partial charge in [0.2, 0.25) is 5.91 Å². The van der Waals surface area contributed by atoms with E-state index in [2.05, 4.69) is 0 Å². The van der Waals surface area contributed by atoms with Gasteiger partial charge in [-0.3, -0.25) is 9.59 Å². The lowest BCUT2D eigenvalue weighted by Crippen LogP contribution is -2.34. The molecule has 27 heavy (non-hydrogen) atoms. The van der Waals surface area contributed by atoms with Crippen molar-refractivity contribution in [3.63, 3.8) is 0 Å². The van der Waals surface area contributed by atoms with Gasteiger partial charge >= 0.3 is 6.18 Å². The number of hydrogen-bond donors (Lipinski definition) is 0. The summed E-state index contributed by atoms with van der Waals surface area (Å²) >= 11 is 5.60. The number of nitrogens with zero attached hydrogens (tertiary/aromatic N) is 3. The number of aromatic nitrogens is 1. The minimum Gasteiger partial charge on any atom is -0.378 e. The molecule has 0 aliphatic rings. The van der Waals surface area contributed by atoms with E-state index in [-0.39, 0.29) is 6.54 Å². The minimum absolute atomic E-state index is 0.258. The summed E-state index contributed by atoms with van der Waals surface area (Å²) in [5.74, 6) is -0.510. The Morgan fingerprint density at radius 3 is 2.26 bits per heavy atom. The monoisotopic (exact) mass is 401 g/mol. The molecule has 1 heterocycles. The molecule has 5 nitrogen and oxygen atoms in total. The van der Waals surface area contributed by atoms with E-state index in [0.29, 0.717) is 16.8 Å². The molecule has 0 aliphatic carbocycles. The van der Waals surface area contributed by atoms with E-state index in [1.807, 2.05) is 43.3 Å². The largest absolute Gasteiger partial charge is 0.417 e. The number of anilines is 1. The average Bonchev–Trinajstić information content (AvgIpc) is 2.58. The van der Waals surface area contributed by atoms with Crippen molar-refractivity contribution < 1.29 is 18.0 Å². The van der Waals surface area contributed by atoms with Crippen LogP contribution in [0.4, 0.5) is 18.9 Å². The van der Waals surface area contributed by atoms with Crippen LogP contribution in [0.25, 0.3) is 0 Å². The third kappa shape index (κ3) is 5.26. The maximum atomic E-state index is 12.9. The number of alkyl halides is 3. The summed E-state index contributed by atoms with van der Waals surface area (Å²) < 4.78 is 39.3. The topological polar surface area (TPSA) is 45.5 Å². The smallest absolute Gasteiger partial charge is 0.378 e. The first-order valence-corrected chi connectivity index (χ1v) is 8.34. The Balaban J connectivity index is 2.14. The molecule has 2 aromatic rings. The first kappa shape index (κ1) is 20.8. The van der Waals surface area contributed by atoms with Gasteiger partial charge < -0.3 is 14.4 Å². The van der Waals surface area contributed by atoms with Gasteiger partial charge in [-0.25, -0.2) is 0 Å². The second kappa shape index (κ2) is 8.04. The van der Waals surface area contributed by atoms with Gasteiger partial charge in [0.25, 0.3) is 5.56 Å². The van der Waals surface area contributed by atoms with Crippen molar-refractivity contribution in [2.24, 2.45) is 0 Å². The van der Waals surface area contributed by atoms with E-state index >= 15 is 0 Å². The Kier molecular flexibility index (Phi) is 6.20. The van der Waals surface area contributed by atoms with Gasteiger partial charge in [-0.05, 0) is 23.8 Å². The van der Waals surface area contributed by atoms with Crippen LogP contribution < -0.4 is 10.5 Å². The number of pyridine rings is 1. The van der Waals surface area contributed by atoms with Gasteiger partial charge in [0.05, 0.1) is 5.56 Å². The first-order valence-electron chi connectivity index (χ1n) is 7.96. The van der Waals surface area contributed by atoms with Crippen LogP contribution in [0.5, 0.6) is 0 Å². The lowest BCUT2D eigenvalue weighted by atomic mass is 10.2. The molecule has 1 aromatic carbocycles. The maximum absolute atomic E-state index is 12.9. The highest BCUT2D eigenvalue weighted by molar-refractivity contribution is 6.30. The average molecular weight is 402 g/mol. The van der Waals surface area contributed by atoms with Crippen molar-refractivity contribution in [2.75, 3.05) is 26.0 Å². The molecule has 0 spiro atoms. The fourth-order valence-corrected chi connectivity index (χ4v) is 2.63. The molecule has 1 amide bonds. The second-order valence-electron chi connectivity index (χ2n) is 6.32. The van der Waals surface area contributed by atoms with E-state index in [4.69, 9.17) is 11.6 Å². The predicted octanol–water partition coefficient (Wildman–Crippen LogP) is 3.25. The van der Waals surface area contributed by atoms with Crippen LogP contribution in [0.1, 0.15) is 11.1 Å². The van der Waals surface area contributed by atoms with Crippen molar-refractivity contribution in [2.45, 2.75) is 19.3 Å². The van der Waals surface area contributed by atoms with E-state index in [9.17, 15) is 22.8 Å². The highest BCUT2D eigenvalue weighted by atomic mass is 35.5. The molecular weight excluding hydrogens is 383 g/mol. The number of amides is 1. The van der Waals surface area contributed by atoms with E-state index in [1.165, 1.54) is 11.9 Å². The molecule has 0 aliphatic heterocycles. The number of hydrogen-bond acceptors (Lipinski definition) is 3. The third-order valence-electron chi connectivity index (χ3n) is 3.97. The summed E-state index contributed by atoms with van der Waals surface area (Å²) in [5, 5.41) is -0.584. The number of rotatable bonds is 5. The number of halogens is 4. The van der Waals surface area contributed by atoms with E-state index in [1.54, 1.807) is 0 Å². The highest BCUT2D eigenvalue weighted by Gasteiger charge is 2.32. The zero-order valence-electron chi connectivity index (χ0n) is 15.0. The minimum atomic E-state index is -4.66. The maximum Gasteiger partial charge on any atom is 0.417 e. The third-order valence-corrected chi connectivity index (χ3v) is 4.24. The molecular formula is C18H19ClF3N3O2. The lowest BCUT2D eigenvalue weighted by molar-refractivity contribution is -0.138. The number of benzene rings is 1. The summed E-state index contributed by atoms with van der Waals surface area (Å²) in [4.78, 5) is 27.6. The molecule has 1 aromatic heterocycles. The van der Waals surface area contributed by atoms with Gasteiger partial charge in [0.15, 0.2) is 0 Å². The van der Waals surface area contributed by atoms with Crippen molar-refractivity contribution >= 4 is 23.2 Å². The van der Waals surface area contributed by atoms with E-state index < -0.39 is 34.8 Å². The van der Waals surface area contributed by atoms with Gasteiger partial charge in [-0.15, -0.1) is 0 Å². The summed E-state index contributed by atoms with van der Waals surface area (Å²) in [6.45, 7) is -0.275. The molecule has 9 heteroatoms. The molecule has 146 valence electrons. The molecule has 0 fully saturated rings. The summed E-state index contributed by atoms with van der Waals surface area (Å²) in [6, 6.07) is 8.05. The molecule has 0 atom stereocenters. The van der Waals surface area contributed by atoms with Crippen LogP contribution >= 0.6 is 11.6 Å². The first-order chi connectivity index (χ1) is 12.5. The lowest BCUT2D eigenvalue weighted by Gasteiger charge is -2.19. The van der Waals surface area contributed by atoms with Gasteiger partial charge in [-0.1, -0.05) is 23.7 Å². The molecule has 0 N–H and O–H groups in total. The fourth-order valence-electron chi connectivity index (χ4n) is 2.40. The number of carbonyl (C=O) groups excluding carboxylic acids is 1. The number of carbonyl (C=O) groups is 1. The Morgan fingerprint density at radius 2 is 1.74 bits per heavy atom. The zero-order chi connectivity index (χ0) is 20.4. The highest BCUT2D eigenvalue weighted by Crippen LogP contribution is 2.29. The predicted molar refractivity (Wildman–Crippen MR) is 98.0 cm³/mol. The summed E-state index contributed by atoms with van der Waals surface area (Å²) in [7, 11) is 5.33. The molecule has 0 bridgehead atoms. The quantitative estimate of drug-likeness (QED) is 0.772. The molecule has 0 unspecified atom stereocenters. The van der Waals surface area contributed by atoms with Crippen molar-refractivity contribution in [1.82, 2.24) is 9.47 Å². The van der Waals surface area contributed by atoms with Crippen LogP contribution in [-0.4, -0.2) is 36.5 Å². The molecule has 2 rings (SSSR count). The van der Waals surface area contributed by atoms with Crippen LogP contribution in [-0.2, 0) is 24.1 Å². The van der Waals surface area contributed by atoms with Crippen molar-refractivity contribution in [1.29, 1.82) is 0 Å². The SMILES string of the molecule is CN(Cc1ccc(N(C)C)cc1)C(=O)Cn1cc(C(F)(F)F)cc(Cl)c1=O. The van der Waals surface area contributed by atoms with Gasteiger partial charge in [0, 0.05) is 39.6 Å². The van der Waals surface area contributed by atoms with Crippen LogP contribution in [0.3, 0.4) is 0 Å². The summed E-state index contributed by atoms with van der Waals surface area (Å²) in [6.07, 6.45) is -4.06. The Labute approximate surface area is 159 Å². The zero-order valence-corrected chi connectivity index (χ0v) is 15.8. The van der Waals surface area contributed by atoms with Crippen LogP contribution in [0.2, 0.25) is 5.02 Å². The van der Waals surface area contributed by atoms with Crippen molar-refractivity contribution in [3.05, 3.63) is 63.0 Å². The Bertz CT molecular complexity index is 877. The standard InChI is InChI=1S/C18H19ClF3N3O2/c1-23(2)14-6-4-12(5-7-14)9-24(3)16(26)11-25-10-13(18(20,21)22)8-15(19)17(25)27/h4-8,10H,9,11H2,1-3H3. The summed E-state index contributed by atoms with van der Waals surface area (Å²) in [5.41, 5.74) is -0.0765.